The Kier molecular flexibility index (Phi) is 4.71. The number of pyridine rings is 1. The van der Waals surface area contributed by atoms with Gasteiger partial charge in [0, 0.05) is 31.7 Å². The quantitative estimate of drug-likeness (QED) is 0.648. The lowest BCUT2D eigenvalue weighted by molar-refractivity contribution is -0.118. The van der Waals surface area contributed by atoms with Crippen molar-refractivity contribution in [2.45, 2.75) is 31.9 Å². The molecule has 0 saturated heterocycles. The Bertz CT molecular complexity index is 1240. The smallest absolute Gasteiger partial charge is 0.255 e. The van der Waals surface area contributed by atoms with Gasteiger partial charge in [-0.1, -0.05) is 18.2 Å². The first kappa shape index (κ1) is 18.9. The lowest BCUT2D eigenvalue weighted by atomic mass is 9.91. The van der Waals surface area contributed by atoms with E-state index in [2.05, 4.69) is 0 Å². The van der Waals surface area contributed by atoms with E-state index in [-0.39, 0.29) is 35.7 Å². The summed E-state index contributed by atoms with van der Waals surface area (Å²) in [6.45, 7) is 0.516. The van der Waals surface area contributed by atoms with E-state index in [0.717, 1.165) is 29.0 Å². The fourth-order valence-corrected chi connectivity index (χ4v) is 3.99. The van der Waals surface area contributed by atoms with Gasteiger partial charge in [0.15, 0.2) is 5.76 Å². The molecular formula is C21H20N2O6. The molecule has 1 aliphatic rings. The summed E-state index contributed by atoms with van der Waals surface area (Å²) in [5.41, 5.74) is 6.62. The number of methoxy groups -OCH3 is 1. The second kappa shape index (κ2) is 7.21. The number of primary amides is 1. The van der Waals surface area contributed by atoms with Crippen molar-refractivity contribution in [3.8, 4) is 5.75 Å². The highest BCUT2D eigenvalue weighted by Crippen LogP contribution is 2.34. The maximum atomic E-state index is 13.2. The molecule has 0 aliphatic carbocycles. The predicted octanol–water partition coefficient (Wildman–Crippen LogP) is 1.37. The first-order valence-electron chi connectivity index (χ1n) is 9.19. The number of hydrogen-bond donors (Lipinski definition) is 2. The molecule has 3 heterocycles. The Balaban J connectivity index is 1.98. The summed E-state index contributed by atoms with van der Waals surface area (Å²) < 4.78 is 12.3. The van der Waals surface area contributed by atoms with Crippen LogP contribution in [0.2, 0.25) is 0 Å². The monoisotopic (exact) mass is 396 g/mol. The van der Waals surface area contributed by atoms with Crippen LogP contribution in [0.25, 0.3) is 10.9 Å². The highest BCUT2D eigenvalue weighted by Gasteiger charge is 2.30. The third-order valence-electron chi connectivity index (χ3n) is 5.21. The Morgan fingerprint density at radius 3 is 2.86 bits per heavy atom. The average molecular weight is 396 g/mol. The van der Waals surface area contributed by atoms with Gasteiger partial charge >= 0.3 is 0 Å². The third-order valence-corrected chi connectivity index (χ3v) is 5.21. The molecule has 4 rings (SSSR count). The molecular weight excluding hydrogens is 376 g/mol. The zero-order valence-corrected chi connectivity index (χ0v) is 15.8. The SMILES string of the molecule is COCc1cc(=O)c(O)c([C@H](CC(N)=O)c2cc3cccc4c3n(c2=O)CC4)o1. The third kappa shape index (κ3) is 3.21. The van der Waals surface area contributed by atoms with Gasteiger partial charge in [-0.2, -0.15) is 0 Å². The number of hydrogen-bond acceptors (Lipinski definition) is 6. The number of carbonyl (C=O) groups is 1. The maximum absolute atomic E-state index is 13.2. The number of aryl methyl sites for hydroxylation is 2. The molecule has 8 nitrogen and oxygen atoms in total. The number of aromatic hydroxyl groups is 1. The van der Waals surface area contributed by atoms with Crippen LogP contribution in [0.15, 0.2) is 44.3 Å². The summed E-state index contributed by atoms with van der Waals surface area (Å²) >= 11 is 0. The largest absolute Gasteiger partial charge is 0.502 e. The standard InChI is InChI=1S/C21H20N2O6/c1-28-10-13-8-16(24)19(26)20(29-13)14(9-17(22)25)15-7-12-4-2-3-11-5-6-23(18(11)12)21(15)27/h2-4,7-8,14,26H,5-6,9-10H2,1H3,(H2,22,25)/t14-/m1/s1. The molecule has 2 aromatic heterocycles. The van der Waals surface area contributed by atoms with Gasteiger partial charge in [0.1, 0.15) is 12.4 Å². The lowest BCUT2D eigenvalue weighted by Crippen LogP contribution is -2.27. The summed E-state index contributed by atoms with van der Waals surface area (Å²) in [5, 5.41) is 11.2. The van der Waals surface area contributed by atoms with E-state index in [9.17, 15) is 19.5 Å². The molecule has 1 amide bonds. The van der Waals surface area contributed by atoms with Gasteiger partial charge < -0.3 is 24.6 Å². The number of carbonyl (C=O) groups excluding carboxylic acids is 1. The number of aromatic nitrogens is 1. The Morgan fingerprint density at radius 1 is 1.34 bits per heavy atom. The van der Waals surface area contributed by atoms with Crippen LogP contribution in [0.1, 0.15) is 35.0 Å². The van der Waals surface area contributed by atoms with E-state index in [4.69, 9.17) is 14.9 Å². The first-order valence-corrected chi connectivity index (χ1v) is 9.19. The van der Waals surface area contributed by atoms with Crippen LogP contribution in [-0.4, -0.2) is 22.7 Å². The minimum atomic E-state index is -0.998. The summed E-state index contributed by atoms with van der Waals surface area (Å²) in [7, 11) is 1.43. The average Bonchev–Trinajstić information content (AvgIpc) is 3.12. The first-order chi connectivity index (χ1) is 13.9. The van der Waals surface area contributed by atoms with Crippen LogP contribution < -0.4 is 16.7 Å². The van der Waals surface area contributed by atoms with Crippen molar-refractivity contribution in [3.05, 3.63) is 73.6 Å². The Hall–Kier alpha value is -3.39. The molecule has 0 unspecified atom stereocenters. The molecule has 0 fully saturated rings. The fraction of sp³-hybridized carbons (Fsp3) is 0.286. The number of nitrogens with zero attached hydrogens (tertiary/aromatic N) is 1. The van der Waals surface area contributed by atoms with Gasteiger partial charge in [-0.05, 0) is 23.4 Å². The lowest BCUT2D eigenvalue weighted by Gasteiger charge is -2.18. The van der Waals surface area contributed by atoms with Crippen molar-refractivity contribution in [1.29, 1.82) is 0 Å². The van der Waals surface area contributed by atoms with Gasteiger partial charge in [0.2, 0.25) is 17.1 Å². The number of rotatable bonds is 6. The van der Waals surface area contributed by atoms with Crippen molar-refractivity contribution in [2.75, 3.05) is 7.11 Å². The van der Waals surface area contributed by atoms with Gasteiger partial charge in [-0.25, -0.2) is 0 Å². The predicted molar refractivity (Wildman–Crippen MR) is 105 cm³/mol. The van der Waals surface area contributed by atoms with Crippen LogP contribution >= 0.6 is 0 Å². The van der Waals surface area contributed by atoms with Crippen LogP contribution in [0, 0.1) is 0 Å². The molecule has 1 aliphatic heterocycles. The van der Waals surface area contributed by atoms with Crippen LogP contribution in [0.3, 0.4) is 0 Å². The summed E-state index contributed by atoms with van der Waals surface area (Å²) in [4.78, 5) is 37.2. The van der Waals surface area contributed by atoms with E-state index in [1.54, 1.807) is 10.6 Å². The van der Waals surface area contributed by atoms with Crippen LogP contribution in [0.5, 0.6) is 5.75 Å². The number of nitrogens with two attached hydrogens (primary N) is 1. The topological polar surface area (TPSA) is 125 Å². The van der Waals surface area contributed by atoms with E-state index >= 15 is 0 Å². The number of amides is 1. The fourth-order valence-electron chi connectivity index (χ4n) is 3.99. The molecule has 3 N–H and O–H groups in total. The highest BCUT2D eigenvalue weighted by molar-refractivity contribution is 5.84. The molecule has 150 valence electrons. The Labute approximate surface area is 165 Å². The highest BCUT2D eigenvalue weighted by atomic mass is 16.5. The normalized spacial score (nSPS) is 13.7. The molecule has 29 heavy (non-hydrogen) atoms. The van der Waals surface area contributed by atoms with Crippen molar-refractivity contribution in [1.82, 2.24) is 4.57 Å². The van der Waals surface area contributed by atoms with E-state index < -0.39 is 23.0 Å². The van der Waals surface area contributed by atoms with E-state index in [1.165, 1.54) is 7.11 Å². The molecule has 3 aromatic rings. The minimum Gasteiger partial charge on any atom is -0.502 e. The van der Waals surface area contributed by atoms with Gasteiger partial charge in [-0.3, -0.25) is 14.4 Å². The molecule has 1 aromatic carbocycles. The number of benzene rings is 1. The van der Waals surface area contributed by atoms with E-state index in [0.29, 0.717) is 6.54 Å². The second-order valence-electron chi connectivity index (χ2n) is 7.11. The van der Waals surface area contributed by atoms with Gasteiger partial charge in [0.05, 0.1) is 11.4 Å². The summed E-state index contributed by atoms with van der Waals surface area (Å²) in [5.74, 6) is -2.33. The van der Waals surface area contributed by atoms with Crippen molar-refractivity contribution in [2.24, 2.45) is 5.73 Å². The van der Waals surface area contributed by atoms with Crippen molar-refractivity contribution in [3.63, 3.8) is 0 Å². The second-order valence-corrected chi connectivity index (χ2v) is 7.11. The maximum Gasteiger partial charge on any atom is 0.255 e. The Morgan fingerprint density at radius 2 is 2.14 bits per heavy atom. The minimum absolute atomic E-state index is 0.00285. The molecule has 0 saturated carbocycles. The van der Waals surface area contributed by atoms with Gasteiger partial charge in [-0.15, -0.1) is 0 Å². The molecule has 8 heteroatoms. The van der Waals surface area contributed by atoms with Crippen LogP contribution in [-0.2, 0) is 29.1 Å². The van der Waals surface area contributed by atoms with Crippen LogP contribution in [0.4, 0.5) is 0 Å². The summed E-state index contributed by atoms with van der Waals surface area (Å²) in [6, 6.07) is 8.55. The molecule has 0 spiro atoms. The molecule has 0 radical (unpaired) electrons. The zero-order valence-electron chi connectivity index (χ0n) is 15.8. The van der Waals surface area contributed by atoms with Crippen molar-refractivity contribution >= 4 is 16.8 Å². The van der Waals surface area contributed by atoms with Gasteiger partial charge in [0.25, 0.3) is 5.56 Å². The summed E-state index contributed by atoms with van der Waals surface area (Å²) in [6.07, 6.45) is 0.438. The van der Waals surface area contributed by atoms with Crippen molar-refractivity contribution < 1.29 is 19.1 Å². The molecule has 1 atom stereocenters. The zero-order chi connectivity index (χ0) is 20.7. The molecule has 0 bridgehead atoms. The number of para-hydroxylation sites is 1. The number of ether oxygens (including phenoxy) is 1. The van der Waals surface area contributed by atoms with E-state index in [1.807, 2.05) is 18.2 Å².